The molecule has 1 aliphatic rings. The van der Waals surface area contributed by atoms with Crippen molar-refractivity contribution in [2.75, 3.05) is 0 Å². The van der Waals surface area contributed by atoms with Gasteiger partial charge < -0.3 is 5.11 Å². The van der Waals surface area contributed by atoms with E-state index in [1.807, 2.05) is 12.2 Å². The monoisotopic (exact) mass is 281 g/mol. The summed E-state index contributed by atoms with van der Waals surface area (Å²) < 4.78 is 27.1. The lowest BCUT2D eigenvalue weighted by Gasteiger charge is -2.15. The Labute approximate surface area is 112 Å². The predicted molar refractivity (Wildman–Crippen MR) is 70.6 cm³/mol. The molecule has 1 aromatic carbocycles. The smallest absolute Gasteiger partial charge is 0.335 e. The van der Waals surface area contributed by atoms with Crippen LogP contribution in [0.5, 0.6) is 0 Å². The van der Waals surface area contributed by atoms with Crippen LogP contribution in [0, 0.1) is 6.92 Å². The number of rotatable bonds is 4. The third kappa shape index (κ3) is 2.85. The summed E-state index contributed by atoms with van der Waals surface area (Å²) in [5.41, 5.74) is 0.265. The molecule has 19 heavy (non-hydrogen) atoms. The molecule has 5 nitrogen and oxygen atoms in total. The third-order valence-electron chi connectivity index (χ3n) is 3.13. The molecular formula is C13H15NO4S. The fourth-order valence-corrected chi connectivity index (χ4v) is 3.66. The number of hydrogen-bond donors (Lipinski definition) is 2. The lowest BCUT2D eigenvalue weighted by Crippen LogP contribution is -2.33. The van der Waals surface area contributed by atoms with Crippen molar-refractivity contribution in [2.45, 2.75) is 30.7 Å². The van der Waals surface area contributed by atoms with Gasteiger partial charge in [0.05, 0.1) is 10.5 Å². The van der Waals surface area contributed by atoms with Gasteiger partial charge in [-0.15, -0.1) is 0 Å². The van der Waals surface area contributed by atoms with Gasteiger partial charge in [-0.1, -0.05) is 18.2 Å². The van der Waals surface area contributed by atoms with Crippen molar-refractivity contribution in [1.82, 2.24) is 4.72 Å². The lowest BCUT2D eigenvalue weighted by molar-refractivity contribution is 0.0696. The highest BCUT2D eigenvalue weighted by Crippen LogP contribution is 2.21. The number of aromatic carboxylic acids is 1. The highest BCUT2D eigenvalue weighted by Gasteiger charge is 2.24. The minimum absolute atomic E-state index is 0.00687. The van der Waals surface area contributed by atoms with E-state index in [-0.39, 0.29) is 22.1 Å². The van der Waals surface area contributed by atoms with E-state index in [1.54, 1.807) is 0 Å². The van der Waals surface area contributed by atoms with E-state index in [0.29, 0.717) is 12.8 Å². The van der Waals surface area contributed by atoms with Crippen LogP contribution in [0.25, 0.3) is 0 Å². The largest absolute Gasteiger partial charge is 0.478 e. The second-order valence-corrected chi connectivity index (χ2v) is 6.18. The standard InChI is InChI=1S/C13H15NO4S/c1-9-11(13(15)16)7-4-8-12(9)19(17,18)14-10-5-2-3-6-10/h2-4,7-8,10,14H,5-6H2,1H3,(H,15,16). The van der Waals surface area contributed by atoms with Crippen LogP contribution in [0.1, 0.15) is 28.8 Å². The topological polar surface area (TPSA) is 83.5 Å². The molecule has 2 rings (SSSR count). The lowest BCUT2D eigenvalue weighted by atomic mass is 10.1. The van der Waals surface area contributed by atoms with Crippen LogP contribution in [0.2, 0.25) is 0 Å². The van der Waals surface area contributed by atoms with E-state index >= 15 is 0 Å². The number of sulfonamides is 1. The first-order chi connectivity index (χ1) is 8.92. The van der Waals surface area contributed by atoms with E-state index in [0.717, 1.165) is 0 Å². The molecule has 0 bridgehead atoms. The number of benzene rings is 1. The van der Waals surface area contributed by atoms with E-state index in [4.69, 9.17) is 5.11 Å². The summed E-state index contributed by atoms with van der Waals surface area (Å²) in [4.78, 5) is 11.0. The maximum absolute atomic E-state index is 12.3. The third-order valence-corrected chi connectivity index (χ3v) is 4.80. The second kappa shape index (κ2) is 5.14. The zero-order valence-electron chi connectivity index (χ0n) is 10.5. The van der Waals surface area contributed by atoms with Crippen LogP contribution in [0.3, 0.4) is 0 Å². The maximum atomic E-state index is 12.3. The molecule has 0 spiro atoms. The van der Waals surface area contributed by atoms with Crippen LogP contribution >= 0.6 is 0 Å². The predicted octanol–water partition coefficient (Wildman–Crippen LogP) is 1.69. The molecule has 1 aliphatic carbocycles. The molecule has 1 aromatic rings. The van der Waals surface area contributed by atoms with Crippen molar-refractivity contribution >= 4 is 16.0 Å². The summed E-state index contributed by atoms with van der Waals surface area (Å²) in [5, 5.41) is 9.01. The van der Waals surface area contributed by atoms with Crippen molar-refractivity contribution < 1.29 is 18.3 Å². The van der Waals surface area contributed by atoms with Gasteiger partial charge in [0.25, 0.3) is 0 Å². The Balaban J connectivity index is 2.35. The van der Waals surface area contributed by atoms with Gasteiger partial charge in [0.15, 0.2) is 0 Å². The molecule has 0 unspecified atom stereocenters. The van der Waals surface area contributed by atoms with Crippen molar-refractivity contribution in [3.8, 4) is 0 Å². The Hall–Kier alpha value is -1.66. The van der Waals surface area contributed by atoms with Gasteiger partial charge in [0, 0.05) is 6.04 Å². The average Bonchev–Trinajstić information content (AvgIpc) is 2.80. The summed E-state index contributed by atoms with van der Waals surface area (Å²) in [6, 6.07) is 4.12. The fourth-order valence-electron chi connectivity index (χ4n) is 2.13. The normalized spacial score (nSPS) is 15.8. The molecule has 0 saturated carbocycles. The first-order valence-electron chi connectivity index (χ1n) is 5.92. The number of hydrogen-bond acceptors (Lipinski definition) is 3. The Morgan fingerprint density at radius 3 is 2.53 bits per heavy atom. The number of carboxylic acids is 1. The molecule has 0 amide bonds. The minimum Gasteiger partial charge on any atom is -0.478 e. The summed E-state index contributed by atoms with van der Waals surface area (Å²) in [7, 11) is -3.68. The van der Waals surface area contributed by atoms with E-state index in [1.165, 1.54) is 25.1 Å². The molecule has 0 heterocycles. The van der Waals surface area contributed by atoms with Crippen molar-refractivity contribution in [3.05, 3.63) is 41.5 Å². The molecule has 0 atom stereocenters. The maximum Gasteiger partial charge on any atom is 0.335 e. The van der Waals surface area contributed by atoms with Crippen molar-refractivity contribution in [1.29, 1.82) is 0 Å². The van der Waals surface area contributed by atoms with Gasteiger partial charge in [-0.3, -0.25) is 0 Å². The van der Waals surface area contributed by atoms with Crippen LogP contribution in [0.4, 0.5) is 0 Å². The molecule has 6 heteroatoms. The van der Waals surface area contributed by atoms with Gasteiger partial charge in [-0.05, 0) is 37.5 Å². The quantitative estimate of drug-likeness (QED) is 0.823. The summed E-state index contributed by atoms with van der Waals surface area (Å²) >= 11 is 0. The van der Waals surface area contributed by atoms with Crippen LogP contribution in [-0.4, -0.2) is 25.5 Å². The molecule has 0 aromatic heterocycles. The van der Waals surface area contributed by atoms with Crippen LogP contribution < -0.4 is 4.72 Å². The molecule has 0 aliphatic heterocycles. The average molecular weight is 281 g/mol. The van der Waals surface area contributed by atoms with Gasteiger partial charge in [-0.2, -0.15) is 0 Å². The zero-order valence-corrected chi connectivity index (χ0v) is 11.3. The Morgan fingerprint density at radius 2 is 1.95 bits per heavy atom. The Kier molecular flexibility index (Phi) is 3.73. The SMILES string of the molecule is Cc1c(C(=O)O)cccc1S(=O)(=O)NC1CC=CC1. The first kappa shape index (κ1) is 13.8. The van der Waals surface area contributed by atoms with Gasteiger partial charge in [0.1, 0.15) is 0 Å². The molecule has 0 saturated heterocycles. The summed E-state index contributed by atoms with van der Waals surface area (Å²) in [5.74, 6) is -1.13. The zero-order chi connectivity index (χ0) is 14.0. The van der Waals surface area contributed by atoms with Crippen LogP contribution in [-0.2, 0) is 10.0 Å². The number of carboxylic acid groups (broad SMARTS) is 1. The first-order valence-corrected chi connectivity index (χ1v) is 7.40. The van der Waals surface area contributed by atoms with E-state index in [9.17, 15) is 13.2 Å². The summed E-state index contributed by atoms with van der Waals surface area (Å²) in [6.07, 6.45) is 5.18. The minimum atomic E-state index is -3.68. The highest BCUT2D eigenvalue weighted by atomic mass is 32.2. The van der Waals surface area contributed by atoms with E-state index < -0.39 is 16.0 Å². The van der Waals surface area contributed by atoms with Gasteiger partial charge in [0.2, 0.25) is 10.0 Å². The molecule has 0 radical (unpaired) electrons. The van der Waals surface area contributed by atoms with Gasteiger partial charge in [-0.25, -0.2) is 17.9 Å². The Morgan fingerprint density at radius 1 is 1.32 bits per heavy atom. The van der Waals surface area contributed by atoms with Crippen molar-refractivity contribution in [3.63, 3.8) is 0 Å². The highest BCUT2D eigenvalue weighted by molar-refractivity contribution is 7.89. The van der Waals surface area contributed by atoms with Crippen LogP contribution in [0.15, 0.2) is 35.2 Å². The fraction of sp³-hybridized carbons (Fsp3) is 0.308. The van der Waals surface area contributed by atoms with Gasteiger partial charge >= 0.3 is 5.97 Å². The molecule has 0 fully saturated rings. The number of nitrogens with one attached hydrogen (secondary N) is 1. The second-order valence-electron chi connectivity index (χ2n) is 4.49. The molecule has 2 N–H and O–H groups in total. The molecular weight excluding hydrogens is 266 g/mol. The summed E-state index contributed by atoms with van der Waals surface area (Å²) in [6.45, 7) is 1.50. The Bertz CT molecular complexity index is 626. The van der Waals surface area contributed by atoms with E-state index in [2.05, 4.69) is 4.72 Å². The molecule has 102 valence electrons. The van der Waals surface area contributed by atoms with Crippen molar-refractivity contribution in [2.24, 2.45) is 0 Å². The number of carbonyl (C=O) groups is 1.